The zero-order valence-corrected chi connectivity index (χ0v) is 13.1. The molecule has 6 nitrogen and oxygen atoms in total. The quantitative estimate of drug-likeness (QED) is 0.752. The van der Waals surface area contributed by atoms with Gasteiger partial charge in [0, 0.05) is 25.1 Å². The lowest BCUT2D eigenvalue weighted by molar-refractivity contribution is 0.933. The molecular weight excluding hydrogens is 288 g/mol. The number of nitrogens with zero attached hydrogens (tertiary/aromatic N) is 5. The van der Waals surface area contributed by atoms with Gasteiger partial charge in [-0.25, -0.2) is 9.50 Å². The van der Waals surface area contributed by atoms with E-state index in [1.54, 1.807) is 16.9 Å². The van der Waals surface area contributed by atoms with E-state index in [0.717, 1.165) is 17.1 Å². The van der Waals surface area contributed by atoms with Crippen LogP contribution in [-0.4, -0.2) is 27.9 Å². The molecule has 3 rings (SSSR count). The summed E-state index contributed by atoms with van der Waals surface area (Å²) >= 11 is 0. The average molecular weight is 306 g/mol. The van der Waals surface area contributed by atoms with E-state index in [-0.39, 0.29) is 0 Å². The van der Waals surface area contributed by atoms with Gasteiger partial charge >= 0.3 is 0 Å². The first-order valence-corrected chi connectivity index (χ1v) is 7.25. The van der Waals surface area contributed by atoms with Crippen molar-refractivity contribution >= 4 is 29.1 Å². The predicted octanol–water partition coefficient (Wildman–Crippen LogP) is 3.06. The Hall–Kier alpha value is -3.15. The van der Waals surface area contributed by atoms with E-state index in [2.05, 4.69) is 15.1 Å². The van der Waals surface area contributed by atoms with Gasteiger partial charge in [0.1, 0.15) is 11.5 Å². The summed E-state index contributed by atoms with van der Waals surface area (Å²) in [6.07, 6.45) is 6.78. The van der Waals surface area contributed by atoms with Gasteiger partial charge in [-0.2, -0.15) is 5.10 Å². The predicted molar refractivity (Wildman–Crippen MR) is 93.6 cm³/mol. The van der Waals surface area contributed by atoms with Crippen LogP contribution >= 0.6 is 0 Å². The number of hydrogen-bond acceptors (Lipinski definition) is 5. The minimum atomic E-state index is 0.700. The van der Waals surface area contributed by atoms with Crippen molar-refractivity contribution in [2.45, 2.75) is 6.92 Å². The largest absolute Gasteiger partial charge is 0.404 e. The smallest absolute Gasteiger partial charge is 0.183 e. The molecule has 0 bridgehead atoms. The molecule has 0 saturated heterocycles. The third-order valence-electron chi connectivity index (χ3n) is 3.49. The number of nitrogens with two attached hydrogens (primary N) is 1. The molecule has 2 N–H and O–H groups in total. The number of para-hydroxylation sites is 1. The number of hydrogen-bond donors (Lipinski definition) is 1. The Bertz CT molecular complexity index is 863. The molecule has 0 aliphatic rings. The van der Waals surface area contributed by atoms with Crippen LogP contribution < -0.4 is 10.6 Å². The second-order valence-corrected chi connectivity index (χ2v) is 5.15. The molecule has 0 aliphatic heterocycles. The summed E-state index contributed by atoms with van der Waals surface area (Å²) < 4.78 is 1.70. The number of aliphatic imine (C=N–C) groups is 1. The highest BCUT2D eigenvalue weighted by Gasteiger charge is 2.09. The number of fused-ring (bicyclic) bond motifs is 1. The summed E-state index contributed by atoms with van der Waals surface area (Å²) in [6.45, 7) is 1.89. The van der Waals surface area contributed by atoms with E-state index in [0.29, 0.717) is 11.3 Å². The van der Waals surface area contributed by atoms with Crippen molar-refractivity contribution in [3.05, 3.63) is 60.6 Å². The van der Waals surface area contributed by atoms with Crippen molar-refractivity contribution in [1.82, 2.24) is 14.6 Å². The van der Waals surface area contributed by atoms with E-state index < -0.39 is 0 Å². The van der Waals surface area contributed by atoms with Gasteiger partial charge in [-0.15, -0.1) is 0 Å². The lowest BCUT2D eigenvalue weighted by atomic mass is 10.3. The van der Waals surface area contributed by atoms with Crippen LogP contribution in [0.1, 0.15) is 6.92 Å². The van der Waals surface area contributed by atoms with E-state index >= 15 is 0 Å². The van der Waals surface area contributed by atoms with Crippen LogP contribution in [0.3, 0.4) is 0 Å². The molecule has 0 aliphatic carbocycles. The maximum atomic E-state index is 5.46. The molecule has 3 aromatic rings. The lowest BCUT2D eigenvalue weighted by Gasteiger charge is -2.18. The maximum Gasteiger partial charge on any atom is 0.183 e. The molecule has 0 amide bonds. The fourth-order valence-electron chi connectivity index (χ4n) is 2.12. The molecule has 2 heterocycles. The maximum absolute atomic E-state index is 5.46. The molecule has 6 heteroatoms. The van der Waals surface area contributed by atoms with Crippen LogP contribution in [0.4, 0.5) is 17.2 Å². The second-order valence-electron chi connectivity index (χ2n) is 5.15. The summed E-state index contributed by atoms with van der Waals surface area (Å²) in [5.41, 5.74) is 8.80. The van der Waals surface area contributed by atoms with Crippen LogP contribution in [0.25, 0.3) is 5.65 Å². The standard InChI is InChI=1S/C17H18N6/c1-13(10-18)11-19-15-12-20-23-9-8-16(21-17(15)23)22(2)14-6-4-3-5-7-14/h3-12H,18H2,1-2H3. The fraction of sp³-hybridized carbons (Fsp3) is 0.118. The number of benzene rings is 1. The second kappa shape index (κ2) is 6.31. The number of allylic oxidation sites excluding steroid dienone is 1. The zero-order valence-electron chi connectivity index (χ0n) is 13.1. The topological polar surface area (TPSA) is 71.8 Å². The molecule has 0 atom stereocenters. The van der Waals surface area contributed by atoms with Crippen LogP contribution in [-0.2, 0) is 0 Å². The summed E-state index contributed by atoms with van der Waals surface area (Å²) in [5.74, 6) is 0.826. The van der Waals surface area contributed by atoms with Gasteiger partial charge in [-0.1, -0.05) is 18.2 Å². The van der Waals surface area contributed by atoms with Crippen LogP contribution in [0.5, 0.6) is 0 Å². The van der Waals surface area contributed by atoms with Gasteiger partial charge in [0.15, 0.2) is 5.65 Å². The Morgan fingerprint density at radius 1 is 1.26 bits per heavy atom. The van der Waals surface area contributed by atoms with Gasteiger partial charge in [0.05, 0.1) is 6.20 Å². The monoisotopic (exact) mass is 306 g/mol. The number of rotatable bonds is 4. The summed E-state index contributed by atoms with van der Waals surface area (Å²) in [6, 6.07) is 12.0. The van der Waals surface area contributed by atoms with Crippen molar-refractivity contribution in [3.8, 4) is 0 Å². The Labute approximate surface area is 134 Å². The molecule has 0 saturated carbocycles. The first-order chi connectivity index (χ1) is 11.2. The average Bonchev–Trinajstić information content (AvgIpc) is 3.02. The zero-order chi connectivity index (χ0) is 16.2. The molecule has 0 unspecified atom stereocenters. The molecule has 0 radical (unpaired) electrons. The van der Waals surface area contributed by atoms with Gasteiger partial charge in [0.2, 0.25) is 0 Å². The van der Waals surface area contributed by atoms with Gasteiger partial charge in [-0.3, -0.25) is 4.99 Å². The first-order valence-electron chi connectivity index (χ1n) is 7.25. The Morgan fingerprint density at radius 2 is 2.04 bits per heavy atom. The highest BCUT2D eigenvalue weighted by atomic mass is 15.3. The molecule has 116 valence electrons. The molecule has 23 heavy (non-hydrogen) atoms. The van der Waals surface area contributed by atoms with Gasteiger partial charge in [-0.05, 0) is 36.9 Å². The fourth-order valence-corrected chi connectivity index (χ4v) is 2.12. The van der Waals surface area contributed by atoms with E-state index in [9.17, 15) is 0 Å². The van der Waals surface area contributed by atoms with Crippen molar-refractivity contribution in [3.63, 3.8) is 0 Å². The van der Waals surface area contributed by atoms with E-state index in [1.165, 1.54) is 6.20 Å². The normalized spacial score (nSPS) is 12.2. The van der Waals surface area contributed by atoms with Crippen molar-refractivity contribution in [1.29, 1.82) is 0 Å². The van der Waals surface area contributed by atoms with Crippen molar-refractivity contribution in [2.75, 3.05) is 11.9 Å². The highest BCUT2D eigenvalue weighted by molar-refractivity contribution is 5.82. The molecule has 0 spiro atoms. The Kier molecular flexibility index (Phi) is 4.05. The Balaban J connectivity index is 1.99. The number of aromatic nitrogens is 3. The van der Waals surface area contributed by atoms with Gasteiger partial charge in [0.25, 0.3) is 0 Å². The van der Waals surface area contributed by atoms with Crippen LogP contribution in [0, 0.1) is 0 Å². The number of anilines is 2. The van der Waals surface area contributed by atoms with Crippen molar-refractivity contribution < 1.29 is 0 Å². The molecule has 0 fully saturated rings. The Morgan fingerprint density at radius 3 is 2.78 bits per heavy atom. The highest BCUT2D eigenvalue weighted by Crippen LogP contribution is 2.24. The third-order valence-corrected chi connectivity index (χ3v) is 3.49. The van der Waals surface area contributed by atoms with E-state index in [4.69, 9.17) is 5.73 Å². The summed E-state index contributed by atoms with van der Waals surface area (Å²) in [7, 11) is 1.98. The SMILES string of the molecule is CC(C=Nc1cnn2ccc(N(C)c3ccccc3)nc12)=CN. The molecule has 1 aromatic carbocycles. The van der Waals surface area contributed by atoms with Crippen LogP contribution in [0.15, 0.2) is 65.6 Å². The minimum Gasteiger partial charge on any atom is -0.404 e. The van der Waals surface area contributed by atoms with E-state index in [1.807, 2.05) is 61.5 Å². The summed E-state index contributed by atoms with van der Waals surface area (Å²) in [4.78, 5) is 11.1. The van der Waals surface area contributed by atoms with Gasteiger partial charge < -0.3 is 10.6 Å². The molecular formula is C17H18N6. The minimum absolute atomic E-state index is 0.700. The molecule has 2 aromatic heterocycles. The third kappa shape index (κ3) is 3.06. The van der Waals surface area contributed by atoms with Crippen LogP contribution in [0.2, 0.25) is 0 Å². The van der Waals surface area contributed by atoms with Crippen molar-refractivity contribution in [2.24, 2.45) is 10.7 Å². The first kappa shape index (κ1) is 14.8. The summed E-state index contributed by atoms with van der Waals surface area (Å²) in [5, 5.41) is 4.27. The lowest BCUT2D eigenvalue weighted by Crippen LogP contribution is -2.11.